The van der Waals surface area contributed by atoms with Crippen molar-refractivity contribution in [1.82, 2.24) is 14.9 Å². The largest absolute Gasteiger partial charge is 0.467 e. The van der Waals surface area contributed by atoms with Crippen LogP contribution in [0.4, 0.5) is 0 Å². The van der Waals surface area contributed by atoms with Crippen LogP contribution < -0.4 is 4.74 Å². The lowest BCUT2D eigenvalue weighted by molar-refractivity contribution is -0.132. The fourth-order valence-corrected chi connectivity index (χ4v) is 2.02. The topological polar surface area (TPSA) is 55.3 Å². The lowest BCUT2D eigenvalue weighted by Gasteiger charge is -2.20. The quantitative estimate of drug-likeness (QED) is 0.765. The SMILES string of the molecule is C=C(C)CN(CC)C(=O)COc1ncnc2ccccc12. The van der Waals surface area contributed by atoms with Crippen molar-refractivity contribution in [2.75, 3.05) is 19.7 Å². The highest BCUT2D eigenvalue weighted by molar-refractivity contribution is 5.84. The zero-order valence-electron chi connectivity index (χ0n) is 12.4. The maximum atomic E-state index is 12.1. The average Bonchev–Trinajstić information content (AvgIpc) is 2.50. The summed E-state index contributed by atoms with van der Waals surface area (Å²) in [6, 6.07) is 7.54. The van der Waals surface area contributed by atoms with Crippen LogP contribution in [0, 0.1) is 0 Å². The molecule has 1 heterocycles. The van der Waals surface area contributed by atoms with Crippen molar-refractivity contribution in [3.63, 3.8) is 0 Å². The van der Waals surface area contributed by atoms with Gasteiger partial charge in [-0.25, -0.2) is 9.97 Å². The molecule has 0 unspecified atom stereocenters. The van der Waals surface area contributed by atoms with E-state index in [0.717, 1.165) is 16.5 Å². The van der Waals surface area contributed by atoms with Crippen molar-refractivity contribution < 1.29 is 9.53 Å². The molecule has 110 valence electrons. The number of nitrogens with zero attached hydrogens (tertiary/aromatic N) is 3. The summed E-state index contributed by atoms with van der Waals surface area (Å²) in [7, 11) is 0. The molecule has 2 rings (SSSR count). The van der Waals surface area contributed by atoms with Gasteiger partial charge in [0.2, 0.25) is 5.88 Å². The number of hydrogen-bond donors (Lipinski definition) is 0. The van der Waals surface area contributed by atoms with E-state index >= 15 is 0 Å². The number of carbonyl (C=O) groups is 1. The molecular formula is C16H19N3O2. The molecule has 0 N–H and O–H groups in total. The zero-order valence-corrected chi connectivity index (χ0v) is 12.4. The van der Waals surface area contributed by atoms with Crippen LogP contribution in [-0.4, -0.2) is 40.5 Å². The third-order valence-electron chi connectivity index (χ3n) is 3.03. The van der Waals surface area contributed by atoms with Crippen LogP contribution in [0.25, 0.3) is 10.9 Å². The standard InChI is InChI=1S/C16H19N3O2/c1-4-19(9-12(2)3)15(20)10-21-16-13-7-5-6-8-14(13)17-11-18-16/h5-8,11H,2,4,9-10H2,1,3H3. The number of aromatic nitrogens is 2. The number of para-hydroxylation sites is 1. The molecule has 5 heteroatoms. The van der Waals surface area contributed by atoms with Gasteiger partial charge in [0.1, 0.15) is 6.33 Å². The summed E-state index contributed by atoms with van der Waals surface area (Å²) >= 11 is 0. The van der Waals surface area contributed by atoms with Crippen molar-refractivity contribution in [3.05, 3.63) is 42.7 Å². The van der Waals surface area contributed by atoms with Crippen LogP contribution in [0.2, 0.25) is 0 Å². The second-order valence-corrected chi connectivity index (χ2v) is 4.85. The third-order valence-corrected chi connectivity index (χ3v) is 3.03. The highest BCUT2D eigenvalue weighted by atomic mass is 16.5. The highest BCUT2D eigenvalue weighted by Gasteiger charge is 2.13. The van der Waals surface area contributed by atoms with Crippen molar-refractivity contribution in [1.29, 1.82) is 0 Å². The van der Waals surface area contributed by atoms with Crippen molar-refractivity contribution in [3.8, 4) is 5.88 Å². The summed E-state index contributed by atoms with van der Waals surface area (Å²) < 4.78 is 5.57. The third kappa shape index (κ3) is 3.78. The number of benzene rings is 1. The highest BCUT2D eigenvalue weighted by Crippen LogP contribution is 2.20. The first kappa shape index (κ1) is 15.0. The van der Waals surface area contributed by atoms with Crippen molar-refractivity contribution in [2.45, 2.75) is 13.8 Å². The summed E-state index contributed by atoms with van der Waals surface area (Å²) in [6.07, 6.45) is 1.44. The number of likely N-dealkylation sites (N-methyl/N-ethyl adjacent to an activating group) is 1. The zero-order chi connectivity index (χ0) is 15.2. The number of carbonyl (C=O) groups excluding carboxylic acids is 1. The van der Waals surface area contributed by atoms with E-state index in [4.69, 9.17) is 4.74 Å². The Morgan fingerprint density at radius 1 is 1.33 bits per heavy atom. The molecule has 21 heavy (non-hydrogen) atoms. The normalized spacial score (nSPS) is 10.4. The molecule has 0 spiro atoms. The Balaban J connectivity index is 2.07. The molecule has 2 aromatic rings. The van der Waals surface area contributed by atoms with Gasteiger partial charge in [-0.1, -0.05) is 24.3 Å². The van der Waals surface area contributed by atoms with E-state index in [2.05, 4.69) is 16.5 Å². The van der Waals surface area contributed by atoms with Gasteiger partial charge in [-0.2, -0.15) is 0 Å². The number of hydrogen-bond acceptors (Lipinski definition) is 4. The monoisotopic (exact) mass is 285 g/mol. The maximum absolute atomic E-state index is 12.1. The number of fused-ring (bicyclic) bond motifs is 1. The van der Waals surface area contributed by atoms with Gasteiger partial charge in [0, 0.05) is 13.1 Å². The first-order valence-corrected chi connectivity index (χ1v) is 6.86. The Hall–Kier alpha value is -2.43. The van der Waals surface area contributed by atoms with Gasteiger partial charge in [-0.15, -0.1) is 0 Å². The molecular weight excluding hydrogens is 266 g/mol. The Morgan fingerprint density at radius 2 is 2.10 bits per heavy atom. The molecule has 0 aliphatic rings. The smallest absolute Gasteiger partial charge is 0.260 e. The molecule has 1 aromatic heterocycles. The number of rotatable bonds is 6. The molecule has 0 fully saturated rings. The van der Waals surface area contributed by atoms with Crippen LogP contribution in [0.5, 0.6) is 5.88 Å². The fraction of sp³-hybridized carbons (Fsp3) is 0.312. The van der Waals surface area contributed by atoms with Crippen LogP contribution >= 0.6 is 0 Å². The number of amides is 1. The molecule has 0 aliphatic carbocycles. The van der Waals surface area contributed by atoms with E-state index in [1.54, 1.807) is 4.90 Å². The van der Waals surface area contributed by atoms with Crippen LogP contribution in [0.1, 0.15) is 13.8 Å². The van der Waals surface area contributed by atoms with E-state index in [0.29, 0.717) is 19.0 Å². The predicted octanol–water partition coefficient (Wildman–Crippen LogP) is 2.43. The van der Waals surface area contributed by atoms with E-state index in [9.17, 15) is 4.79 Å². The lowest BCUT2D eigenvalue weighted by Crippen LogP contribution is -2.35. The maximum Gasteiger partial charge on any atom is 0.260 e. The van der Waals surface area contributed by atoms with Gasteiger partial charge in [0.15, 0.2) is 6.61 Å². The first-order valence-electron chi connectivity index (χ1n) is 6.86. The Kier molecular flexibility index (Phi) is 4.87. The summed E-state index contributed by atoms with van der Waals surface area (Å²) in [5.74, 6) is 0.350. The van der Waals surface area contributed by atoms with E-state index in [-0.39, 0.29) is 12.5 Å². The number of ether oxygens (including phenoxy) is 1. The molecule has 0 radical (unpaired) electrons. The second kappa shape index (κ2) is 6.83. The van der Waals surface area contributed by atoms with E-state index < -0.39 is 0 Å². The Bertz CT molecular complexity index is 650. The average molecular weight is 285 g/mol. The van der Waals surface area contributed by atoms with Gasteiger partial charge < -0.3 is 9.64 Å². The molecule has 0 saturated heterocycles. The molecule has 5 nitrogen and oxygen atoms in total. The van der Waals surface area contributed by atoms with Crippen molar-refractivity contribution in [2.24, 2.45) is 0 Å². The van der Waals surface area contributed by atoms with Gasteiger partial charge >= 0.3 is 0 Å². The van der Waals surface area contributed by atoms with E-state index in [1.165, 1.54) is 6.33 Å². The predicted molar refractivity (Wildman–Crippen MR) is 82.1 cm³/mol. The summed E-state index contributed by atoms with van der Waals surface area (Å²) in [6.45, 7) is 8.79. The molecule has 0 atom stereocenters. The molecule has 1 amide bonds. The second-order valence-electron chi connectivity index (χ2n) is 4.85. The van der Waals surface area contributed by atoms with Crippen LogP contribution in [0.3, 0.4) is 0 Å². The minimum atomic E-state index is -0.0804. The minimum Gasteiger partial charge on any atom is -0.467 e. The van der Waals surface area contributed by atoms with Gasteiger partial charge in [-0.3, -0.25) is 4.79 Å². The van der Waals surface area contributed by atoms with Crippen LogP contribution in [-0.2, 0) is 4.79 Å². The Morgan fingerprint density at radius 3 is 2.81 bits per heavy atom. The molecule has 0 bridgehead atoms. The fourth-order valence-electron chi connectivity index (χ4n) is 2.02. The minimum absolute atomic E-state index is 0.0396. The summed E-state index contributed by atoms with van der Waals surface area (Å²) in [5, 5.41) is 0.802. The molecule has 0 aliphatic heterocycles. The van der Waals surface area contributed by atoms with Gasteiger partial charge in [0.25, 0.3) is 5.91 Å². The summed E-state index contributed by atoms with van der Waals surface area (Å²) in [5.41, 5.74) is 1.74. The first-order chi connectivity index (χ1) is 10.1. The van der Waals surface area contributed by atoms with Crippen molar-refractivity contribution >= 4 is 16.8 Å². The summed E-state index contributed by atoms with van der Waals surface area (Å²) in [4.78, 5) is 22.1. The van der Waals surface area contributed by atoms with Gasteiger partial charge in [0.05, 0.1) is 10.9 Å². The van der Waals surface area contributed by atoms with Gasteiger partial charge in [-0.05, 0) is 26.0 Å². The molecule has 1 aromatic carbocycles. The molecule has 0 saturated carbocycles. The van der Waals surface area contributed by atoms with Crippen LogP contribution in [0.15, 0.2) is 42.7 Å². The lowest BCUT2D eigenvalue weighted by atomic mass is 10.2. The Labute approximate surface area is 124 Å². The van der Waals surface area contributed by atoms with E-state index in [1.807, 2.05) is 38.1 Å².